The van der Waals surface area contributed by atoms with Gasteiger partial charge in [0, 0.05) is 18.3 Å². The summed E-state index contributed by atoms with van der Waals surface area (Å²) in [7, 11) is 0. The number of benzene rings is 1. The zero-order chi connectivity index (χ0) is 14.5. The molecule has 0 spiro atoms. The Labute approximate surface area is 121 Å². The van der Waals surface area contributed by atoms with Crippen molar-refractivity contribution in [2.75, 3.05) is 25.0 Å². The number of hydrogen-bond acceptors (Lipinski definition) is 3. The van der Waals surface area contributed by atoms with Crippen LogP contribution >= 0.6 is 0 Å². The first kappa shape index (κ1) is 15.0. The second kappa shape index (κ2) is 6.86. The predicted molar refractivity (Wildman–Crippen MR) is 82.8 cm³/mol. The highest BCUT2D eigenvalue weighted by molar-refractivity contribution is 5.92. The van der Waals surface area contributed by atoms with E-state index in [4.69, 9.17) is 5.73 Å². The van der Waals surface area contributed by atoms with Gasteiger partial charge in [-0.15, -0.1) is 0 Å². The second-order valence-electron chi connectivity index (χ2n) is 5.70. The third-order valence-corrected chi connectivity index (χ3v) is 4.16. The van der Waals surface area contributed by atoms with Crippen LogP contribution in [0.3, 0.4) is 0 Å². The van der Waals surface area contributed by atoms with Gasteiger partial charge in [0.15, 0.2) is 0 Å². The van der Waals surface area contributed by atoms with E-state index < -0.39 is 0 Å². The summed E-state index contributed by atoms with van der Waals surface area (Å²) in [6.07, 6.45) is 3.48. The molecule has 1 saturated heterocycles. The molecule has 1 atom stereocenters. The maximum atomic E-state index is 12.1. The molecule has 1 heterocycles. The summed E-state index contributed by atoms with van der Waals surface area (Å²) < 4.78 is 0. The Bertz CT molecular complexity index is 473. The summed E-state index contributed by atoms with van der Waals surface area (Å²) in [4.78, 5) is 14.4. The molecule has 1 amide bonds. The number of rotatable bonds is 4. The number of anilines is 1. The van der Waals surface area contributed by atoms with Crippen LogP contribution in [0.15, 0.2) is 18.2 Å². The van der Waals surface area contributed by atoms with E-state index in [1.165, 1.54) is 17.5 Å². The summed E-state index contributed by atoms with van der Waals surface area (Å²) >= 11 is 0. The van der Waals surface area contributed by atoms with Crippen molar-refractivity contribution in [3.05, 3.63) is 29.3 Å². The molecule has 4 heteroatoms. The highest BCUT2D eigenvalue weighted by Crippen LogP contribution is 2.17. The summed E-state index contributed by atoms with van der Waals surface area (Å²) in [5.74, 6) is 0.0496. The quantitative estimate of drug-likeness (QED) is 0.884. The van der Waals surface area contributed by atoms with Gasteiger partial charge in [0.1, 0.15) is 0 Å². The normalized spacial score (nSPS) is 19.9. The van der Waals surface area contributed by atoms with Crippen LogP contribution in [0.2, 0.25) is 0 Å². The lowest BCUT2D eigenvalue weighted by Crippen LogP contribution is -2.47. The van der Waals surface area contributed by atoms with Gasteiger partial charge in [0.2, 0.25) is 5.91 Å². The van der Waals surface area contributed by atoms with E-state index in [1.54, 1.807) is 0 Å². The average Bonchev–Trinajstić information content (AvgIpc) is 2.43. The SMILES string of the molecule is Cc1ccc(NC(=O)CN2CCCCC2CN)cc1C. The molecule has 0 aromatic heterocycles. The van der Waals surface area contributed by atoms with Crippen molar-refractivity contribution in [1.29, 1.82) is 0 Å². The van der Waals surface area contributed by atoms with E-state index >= 15 is 0 Å². The van der Waals surface area contributed by atoms with Gasteiger partial charge in [-0.1, -0.05) is 12.5 Å². The number of amides is 1. The first-order valence-electron chi connectivity index (χ1n) is 7.41. The Balaban J connectivity index is 1.92. The molecule has 3 N–H and O–H groups in total. The van der Waals surface area contributed by atoms with Crippen LogP contribution in [0, 0.1) is 13.8 Å². The third-order valence-electron chi connectivity index (χ3n) is 4.16. The van der Waals surface area contributed by atoms with Crippen molar-refractivity contribution < 1.29 is 4.79 Å². The van der Waals surface area contributed by atoms with Crippen LogP contribution in [0.1, 0.15) is 30.4 Å². The van der Waals surface area contributed by atoms with Crippen LogP contribution < -0.4 is 11.1 Å². The van der Waals surface area contributed by atoms with Crippen LogP contribution in [0.4, 0.5) is 5.69 Å². The summed E-state index contributed by atoms with van der Waals surface area (Å²) in [6, 6.07) is 6.36. The third kappa shape index (κ3) is 3.81. The van der Waals surface area contributed by atoms with Gasteiger partial charge in [-0.25, -0.2) is 0 Å². The lowest BCUT2D eigenvalue weighted by Gasteiger charge is -2.34. The van der Waals surface area contributed by atoms with E-state index in [1.807, 2.05) is 18.2 Å². The number of aryl methyl sites for hydroxylation is 2. The Kier molecular flexibility index (Phi) is 5.15. The monoisotopic (exact) mass is 275 g/mol. The van der Waals surface area contributed by atoms with Crippen molar-refractivity contribution in [1.82, 2.24) is 4.90 Å². The van der Waals surface area contributed by atoms with Crippen molar-refractivity contribution in [3.8, 4) is 0 Å². The molecule has 110 valence electrons. The van der Waals surface area contributed by atoms with E-state index in [-0.39, 0.29) is 5.91 Å². The fraction of sp³-hybridized carbons (Fsp3) is 0.562. The second-order valence-corrected chi connectivity index (χ2v) is 5.70. The van der Waals surface area contributed by atoms with Crippen molar-refractivity contribution in [3.63, 3.8) is 0 Å². The molecule has 1 aromatic carbocycles. The highest BCUT2D eigenvalue weighted by atomic mass is 16.2. The van der Waals surface area contributed by atoms with Crippen molar-refractivity contribution in [2.45, 2.75) is 39.2 Å². The number of carbonyl (C=O) groups is 1. The Hall–Kier alpha value is -1.39. The topological polar surface area (TPSA) is 58.4 Å². The minimum absolute atomic E-state index is 0.0496. The zero-order valence-corrected chi connectivity index (χ0v) is 12.5. The molecule has 1 aromatic rings. The number of nitrogens with zero attached hydrogens (tertiary/aromatic N) is 1. The minimum Gasteiger partial charge on any atom is -0.329 e. The van der Waals surface area contributed by atoms with Gasteiger partial charge >= 0.3 is 0 Å². The molecule has 1 aliphatic heterocycles. The molecule has 2 rings (SSSR count). The number of nitrogens with two attached hydrogens (primary N) is 1. The van der Waals surface area contributed by atoms with Gasteiger partial charge in [-0.3, -0.25) is 9.69 Å². The molecule has 0 radical (unpaired) electrons. The highest BCUT2D eigenvalue weighted by Gasteiger charge is 2.22. The maximum absolute atomic E-state index is 12.1. The average molecular weight is 275 g/mol. The molecule has 1 unspecified atom stereocenters. The smallest absolute Gasteiger partial charge is 0.238 e. The first-order valence-corrected chi connectivity index (χ1v) is 7.41. The largest absolute Gasteiger partial charge is 0.329 e. The number of hydrogen-bond donors (Lipinski definition) is 2. The zero-order valence-electron chi connectivity index (χ0n) is 12.5. The van der Waals surface area contributed by atoms with E-state index in [0.29, 0.717) is 19.1 Å². The molecule has 0 bridgehead atoms. The lowest BCUT2D eigenvalue weighted by atomic mass is 10.0. The molecule has 0 aliphatic carbocycles. The van der Waals surface area contributed by atoms with E-state index in [2.05, 4.69) is 24.1 Å². The predicted octanol–water partition coefficient (Wildman–Crippen LogP) is 2.06. The molecule has 20 heavy (non-hydrogen) atoms. The molecular formula is C16H25N3O. The number of carbonyl (C=O) groups excluding carboxylic acids is 1. The summed E-state index contributed by atoms with van der Waals surface area (Å²) in [5, 5.41) is 2.98. The number of piperidine rings is 1. The Morgan fingerprint density at radius 3 is 2.85 bits per heavy atom. The Morgan fingerprint density at radius 1 is 1.35 bits per heavy atom. The van der Waals surface area contributed by atoms with Gasteiger partial charge in [0.25, 0.3) is 0 Å². The van der Waals surface area contributed by atoms with Gasteiger partial charge in [0.05, 0.1) is 6.54 Å². The fourth-order valence-corrected chi connectivity index (χ4v) is 2.74. The van der Waals surface area contributed by atoms with Gasteiger partial charge < -0.3 is 11.1 Å². The first-order chi connectivity index (χ1) is 9.60. The molecule has 4 nitrogen and oxygen atoms in total. The van der Waals surface area contributed by atoms with Crippen LogP contribution in [-0.2, 0) is 4.79 Å². The number of likely N-dealkylation sites (tertiary alicyclic amines) is 1. The molecular weight excluding hydrogens is 250 g/mol. The summed E-state index contributed by atoms with van der Waals surface area (Å²) in [5.41, 5.74) is 9.09. The molecule has 0 saturated carbocycles. The van der Waals surface area contributed by atoms with E-state index in [0.717, 1.165) is 25.1 Å². The van der Waals surface area contributed by atoms with E-state index in [9.17, 15) is 4.79 Å². The van der Waals surface area contributed by atoms with Crippen molar-refractivity contribution in [2.24, 2.45) is 5.73 Å². The molecule has 1 fully saturated rings. The lowest BCUT2D eigenvalue weighted by molar-refractivity contribution is -0.118. The molecule has 1 aliphatic rings. The van der Waals surface area contributed by atoms with Crippen LogP contribution in [0.25, 0.3) is 0 Å². The summed E-state index contributed by atoms with van der Waals surface area (Å²) in [6.45, 7) is 6.18. The minimum atomic E-state index is 0.0496. The van der Waals surface area contributed by atoms with Crippen LogP contribution in [-0.4, -0.2) is 36.5 Å². The maximum Gasteiger partial charge on any atom is 0.238 e. The van der Waals surface area contributed by atoms with Crippen molar-refractivity contribution >= 4 is 11.6 Å². The standard InChI is InChI=1S/C16H25N3O/c1-12-6-7-14(9-13(12)2)18-16(20)11-19-8-4-3-5-15(19)10-17/h6-7,9,15H,3-5,8,10-11,17H2,1-2H3,(H,18,20). The van der Waals surface area contributed by atoms with Crippen LogP contribution in [0.5, 0.6) is 0 Å². The fourth-order valence-electron chi connectivity index (χ4n) is 2.74. The number of nitrogens with one attached hydrogen (secondary N) is 1. The Morgan fingerprint density at radius 2 is 2.15 bits per heavy atom. The van der Waals surface area contributed by atoms with Gasteiger partial charge in [-0.2, -0.15) is 0 Å². The van der Waals surface area contributed by atoms with Gasteiger partial charge in [-0.05, 0) is 56.5 Å².